The fourth-order valence-electron chi connectivity index (χ4n) is 3.49. The van der Waals surface area contributed by atoms with Gasteiger partial charge in [0.25, 0.3) is 0 Å². The Morgan fingerprint density at radius 2 is 1.54 bits per heavy atom. The lowest BCUT2D eigenvalue weighted by Crippen LogP contribution is -2.43. The molecule has 3 aromatic rings. The molecule has 0 unspecified atom stereocenters. The summed E-state index contributed by atoms with van der Waals surface area (Å²) in [6, 6.07) is 26.3. The van der Waals surface area contributed by atoms with E-state index in [-0.39, 0.29) is 11.1 Å². The Kier molecular flexibility index (Phi) is 9.26. The van der Waals surface area contributed by atoms with Gasteiger partial charge in [0, 0.05) is 13.1 Å². The highest BCUT2D eigenvalue weighted by Gasteiger charge is 2.39. The topological polar surface area (TPSA) is 59.6 Å². The molecule has 5 nitrogen and oxygen atoms in total. The molecule has 0 saturated carbocycles. The second kappa shape index (κ2) is 12.2. The van der Waals surface area contributed by atoms with Crippen molar-refractivity contribution in [2.24, 2.45) is 0 Å². The molecule has 0 aromatic heterocycles. The molecule has 0 radical (unpaired) electrons. The molecule has 3 rings (SSSR count). The van der Waals surface area contributed by atoms with Crippen LogP contribution in [0.15, 0.2) is 78.9 Å². The molecule has 0 saturated heterocycles. The zero-order chi connectivity index (χ0) is 25.3. The summed E-state index contributed by atoms with van der Waals surface area (Å²) in [5, 5.41) is 6.45. The Labute approximate surface area is 211 Å². The minimum atomic E-state index is -2.05. The average Bonchev–Trinajstić information content (AvgIpc) is 2.83. The summed E-state index contributed by atoms with van der Waals surface area (Å²) in [6.45, 7) is 13.1. The first-order chi connectivity index (χ1) is 16.7. The van der Waals surface area contributed by atoms with E-state index in [0.29, 0.717) is 31.0 Å². The number of hydrogen-bond donors (Lipinski definition) is 2. The Bertz CT molecular complexity index is 1070. The minimum Gasteiger partial charge on any atom is -0.487 e. The van der Waals surface area contributed by atoms with Gasteiger partial charge in [0.1, 0.15) is 12.4 Å². The molecule has 6 heteroatoms. The normalized spacial score (nSPS) is 12.7. The fourth-order valence-corrected chi connectivity index (χ4v) is 4.77. The highest BCUT2D eigenvalue weighted by Crippen LogP contribution is 2.40. The van der Waals surface area contributed by atoms with Gasteiger partial charge >= 0.3 is 0 Å². The molecule has 0 aliphatic carbocycles. The van der Waals surface area contributed by atoms with Gasteiger partial charge in [-0.15, -0.1) is 0 Å². The van der Waals surface area contributed by atoms with Gasteiger partial charge in [-0.05, 0) is 47.0 Å². The first kappa shape index (κ1) is 26.7. The van der Waals surface area contributed by atoms with Crippen molar-refractivity contribution in [3.63, 3.8) is 0 Å². The summed E-state index contributed by atoms with van der Waals surface area (Å²) >= 11 is 0. The fraction of sp³-hybridized carbons (Fsp3) is 0.345. The number of anilines is 1. The Morgan fingerprint density at radius 1 is 0.914 bits per heavy atom. The van der Waals surface area contributed by atoms with Gasteiger partial charge in [-0.3, -0.25) is 4.79 Å². The Hall–Kier alpha value is -2.93. The summed E-state index contributed by atoms with van der Waals surface area (Å²) in [7, 11) is -2.05. The molecule has 0 spiro atoms. The van der Waals surface area contributed by atoms with E-state index in [1.165, 1.54) is 5.56 Å². The lowest BCUT2D eigenvalue weighted by Gasteiger charge is -2.39. The van der Waals surface area contributed by atoms with Gasteiger partial charge in [0.05, 0.1) is 11.8 Å². The van der Waals surface area contributed by atoms with Crippen LogP contribution in [-0.4, -0.2) is 21.3 Å². The Morgan fingerprint density at radius 3 is 2.14 bits per heavy atom. The predicted molar refractivity (Wildman–Crippen MR) is 146 cm³/mol. The maximum atomic E-state index is 11.4. The van der Waals surface area contributed by atoms with Crippen molar-refractivity contribution in [1.82, 2.24) is 5.32 Å². The first-order valence-corrected chi connectivity index (χ1v) is 15.0. The van der Waals surface area contributed by atoms with Crippen LogP contribution in [0.3, 0.4) is 0 Å². The first-order valence-electron chi connectivity index (χ1n) is 12.1. The van der Waals surface area contributed by atoms with E-state index in [2.05, 4.69) is 56.6 Å². The Balaban J connectivity index is 1.82. The molecule has 0 aliphatic rings. The van der Waals surface area contributed by atoms with E-state index in [1.807, 2.05) is 66.7 Å². The SMILES string of the molecule is CC(C)(C)[Si](C)(C)O[C@@H](CNCc1ccccc1)c1ccc(OCc2ccccc2)c(NC=O)c1. The van der Waals surface area contributed by atoms with E-state index in [9.17, 15) is 4.79 Å². The van der Waals surface area contributed by atoms with Crippen LogP contribution >= 0.6 is 0 Å². The lowest BCUT2D eigenvalue weighted by molar-refractivity contribution is -0.105. The van der Waals surface area contributed by atoms with Crippen LogP contribution in [0.1, 0.15) is 43.6 Å². The van der Waals surface area contributed by atoms with E-state index >= 15 is 0 Å². The summed E-state index contributed by atoms with van der Waals surface area (Å²) < 4.78 is 12.9. The van der Waals surface area contributed by atoms with Crippen LogP contribution in [0.4, 0.5) is 5.69 Å². The number of hydrogen-bond acceptors (Lipinski definition) is 4. The second-order valence-electron chi connectivity index (χ2n) is 10.3. The number of carbonyl (C=O) groups is 1. The van der Waals surface area contributed by atoms with Gasteiger partial charge in [0.2, 0.25) is 6.41 Å². The van der Waals surface area contributed by atoms with Gasteiger partial charge in [-0.2, -0.15) is 0 Å². The van der Waals surface area contributed by atoms with Crippen LogP contribution in [-0.2, 0) is 22.4 Å². The van der Waals surface area contributed by atoms with Crippen molar-refractivity contribution in [1.29, 1.82) is 0 Å². The molecule has 186 valence electrons. The summed E-state index contributed by atoms with van der Waals surface area (Å²) in [6.07, 6.45) is 0.529. The van der Waals surface area contributed by atoms with Crippen LogP contribution in [0.2, 0.25) is 18.1 Å². The molecular formula is C29H38N2O3Si. The van der Waals surface area contributed by atoms with E-state index in [0.717, 1.165) is 17.7 Å². The molecule has 1 atom stereocenters. The molecule has 0 fully saturated rings. The van der Waals surface area contributed by atoms with Crippen molar-refractivity contribution in [3.05, 3.63) is 95.6 Å². The zero-order valence-corrected chi connectivity index (χ0v) is 22.5. The van der Waals surface area contributed by atoms with Crippen molar-refractivity contribution in [2.75, 3.05) is 11.9 Å². The summed E-state index contributed by atoms with van der Waals surface area (Å²) in [5.41, 5.74) is 3.94. The maximum Gasteiger partial charge on any atom is 0.211 e. The minimum absolute atomic E-state index is 0.0767. The molecule has 1 amide bonds. The number of ether oxygens (including phenoxy) is 1. The lowest BCUT2D eigenvalue weighted by atomic mass is 10.1. The molecular weight excluding hydrogens is 452 g/mol. The number of benzene rings is 3. The smallest absolute Gasteiger partial charge is 0.211 e. The van der Waals surface area contributed by atoms with Crippen molar-refractivity contribution >= 4 is 20.4 Å². The highest BCUT2D eigenvalue weighted by atomic mass is 28.4. The van der Waals surface area contributed by atoms with Gasteiger partial charge < -0.3 is 19.8 Å². The van der Waals surface area contributed by atoms with Crippen molar-refractivity contribution in [2.45, 2.75) is 58.2 Å². The molecule has 0 heterocycles. The molecule has 2 N–H and O–H groups in total. The monoisotopic (exact) mass is 490 g/mol. The third-order valence-corrected chi connectivity index (χ3v) is 11.1. The van der Waals surface area contributed by atoms with E-state index in [4.69, 9.17) is 9.16 Å². The standard InChI is InChI=1S/C29H38N2O3Si/c1-29(2,3)35(4,5)34-28(20-30-19-23-12-8-6-9-13-23)25-16-17-27(26(18-25)31-22-32)33-21-24-14-10-7-11-15-24/h6-18,22,28,30H,19-21H2,1-5H3,(H,31,32)/t28-/m0/s1. The molecule has 35 heavy (non-hydrogen) atoms. The maximum absolute atomic E-state index is 11.4. The molecule has 0 aliphatic heterocycles. The van der Waals surface area contributed by atoms with Crippen LogP contribution in [0.5, 0.6) is 5.75 Å². The highest BCUT2D eigenvalue weighted by molar-refractivity contribution is 6.74. The summed E-state index contributed by atoms with van der Waals surface area (Å²) in [4.78, 5) is 11.4. The molecule has 0 bridgehead atoms. The van der Waals surface area contributed by atoms with Crippen molar-refractivity contribution < 1.29 is 14.0 Å². The van der Waals surface area contributed by atoms with E-state index < -0.39 is 8.32 Å². The second-order valence-corrected chi connectivity index (χ2v) is 15.0. The number of rotatable bonds is 12. The van der Waals surface area contributed by atoms with Gasteiger partial charge in [-0.1, -0.05) is 87.5 Å². The zero-order valence-electron chi connectivity index (χ0n) is 21.5. The number of nitrogens with one attached hydrogen (secondary N) is 2. The number of amides is 1. The van der Waals surface area contributed by atoms with E-state index in [1.54, 1.807) is 0 Å². The third-order valence-electron chi connectivity index (χ3n) is 6.57. The summed E-state index contributed by atoms with van der Waals surface area (Å²) in [5.74, 6) is 0.632. The van der Waals surface area contributed by atoms with Crippen LogP contribution < -0.4 is 15.4 Å². The third kappa shape index (κ3) is 7.78. The largest absolute Gasteiger partial charge is 0.487 e. The van der Waals surface area contributed by atoms with Crippen molar-refractivity contribution in [3.8, 4) is 5.75 Å². The quantitative estimate of drug-likeness (QED) is 0.219. The van der Waals surface area contributed by atoms with Crippen LogP contribution in [0.25, 0.3) is 0 Å². The van der Waals surface area contributed by atoms with Gasteiger partial charge in [0.15, 0.2) is 8.32 Å². The van der Waals surface area contributed by atoms with Crippen LogP contribution in [0, 0.1) is 0 Å². The van der Waals surface area contributed by atoms with Gasteiger partial charge in [-0.25, -0.2) is 0 Å². The molecule has 3 aromatic carbocycles. The predicted octanol–water partition coefficient (Wildman–Crippen LogP) is 6.69. The number of carbonyl (C=O) groups excluding carboxylic acids is 1. The average molecular weight is 491 g/mol.